The third-order valence-corrected chi connectivity index (χ3v) is 5.52. The number of nitrogens with one attached hydrogen (secondary N) is 3. The minimum absolute atomic E-state index is 0.0525. The molecule has 0 aromatic carbocycles. The van der Waals surface area contributed by atoms with Crippen LogP contribution in [0.5, 0.6) is 5.88 Å². The molecule has 0 atom stereocenters. The van der Waals surface area contributed by atoms with E-state index in [4.69, 9.17) is 20.1 Å². The normalized spacial score (nSPS) is 13.8. The maximum atomic E-state index is 8.44. The molecule has 0 spiro atoms. The van der Waals surface area contributed by atoms with E-state index in [1.165, 1.54) is 17.5 Å². The van der Waals surface area contributed by atoms with Crippen LogP contribution >= 0.6 is 0 Å². The summed E-state index contributed by atoms with van der Waals surface area (Å²) in [6, 6.07) is 7.34. The molecular formula is C24H31N7O2. The van der Waals surface area contributed by atoms with Crippen LogP contribution in [0.2, 0.25) is 0 Å². The van der Waals surface area contributed by atoms with E-state index in [9.17, 15) is 0 Å². The second-order valence-corrected chi connectivity index (χ2v) is 9.60. The maximum Gasteiger partial charge on any atom is 0.236 e. The van der Waals surface area contributed by atoms with Gasteiger partial charge in [0.25, 0.3) is 0 Å². The molecule has 1 fully saturated rings. The lowest BCUT2D eigenvalue weighted by Crippen LogP contribution is -2.32. The highest BCUT2D eigenvalue weighted by molar-refractivity contribution is 5.95. The van der Waals surface area contributed by atoms with Crippen LogP contribution in [0, 0.1) is 23.7 Å². The summed E-state index contributed by atoms with van der Waals surface area (Å²) in [4.78, 5) is 4.52. The smallest absolute Gasteiger partial charge is 0.236 e. The van der Waals surface area contributed by atoms with Crippen LogP contribution in [-0.2, 0) is 18.6 Å². The number of rotatable bonds is 8. The summed E-state index contributed by atoms with van der Waals surface area (Å²) in [5.74, 6) is 1.74. The average Bonchev–Trinajstić information content (AvgIpc) is 3.50. The molecule has 1 aliphatic rings. The summed E-state index contributed by atoms with van der Waals surface area (Å²) >= 11 is 0. The molecule has 0 saturated heterocycles. The molecule has 3 aromatic heterocycles. The summed E-state index contributed by atoms with van der Waals surface area (Å²) in [6.07, 6.45) is 4.54. The molecule has 174 valence electrons. The highest BCUT2D eigenvalue weighted by Gasteiger charge is 2.24. The summed E-state index contributed by atoms with van der Waals surface area (Å²) in [7, 11) is 0. The SMILES string of the molecule is Cc1cc(C(=N)n2nc(OCc3ccc(CNCC4CC4)cn3)c(C(C)(C)C)cc2=N)no1. The van der Waals surface area contributed by atoms with E-state index in [0.717, 1.165) is 35.8 Å². The van der Waals surface area contributed by atoms with Gasteiger partial charge in [-0.3, -0.25) is 15.8 Å². The zero-order valence-corrected chi connectivity index (χ0v) is 19.6. The molecule has 0 bridgehead atoms. The molecule has 3 aromatic rings. The maximum absolute atomic E-state index is 8.44. The van der Waals surface area contributed by atoms with Gasteiger partial charge in [-0.2, -0.15) is 4.68 Å². The molecule has 33 heavy (non-hydrogen) atoms. The van der Waals surface area contributed by atoms with Crippen LogP contribution in [-0.4, -0.2) is 32.3 Å². The number of hydrogen-bond donors (Lipinski definition) is 3. The lowest BCUT2D eigenvalue weighted by Gasteiger charge is -2.22. The Morgan fingerprint density at radius 3 is 2.67 bits per heavy atom. The van der Waals surface area contributed by atoms with Gasteiger partial charge < -0.3 is 14.6 Å². The zero-order valence-electron chi connectivity index (χ0n) is 19.6. The van der Waals surface area contributed by atoms with Gasteiger partial charge in [0.15, 0.2) is 11.5 Å². The molecule has 1 aliphatic carbocycles. The van der Waals surface area contributed by atoms with Crippen LogP contribution in [0.1, 0.15) is 61.9 Å². The van der Waals surface area contributed by atoms with Crippen LogP contribution < -0.4 is 15.5 Å². The fourth-order valence-electron chi connectivity index (χ4n) is 3.39. The summed E-state index contributed by atoms with van der Waals surface area (Å²) in [5.41, 5.74) is 2.79. The van der Waals surface area contributed by atoms with Crippen molar-refractivity contribution in [3.05, 3.63) is 64.2 Å². The standard InChI is InChI=1S/C24H31N7O2/c1-15-9-20(30-33-15)22(26)31-21(25)10-19(24(2,3)4)23(29-31)32-14-18-8-7-17(13-28-18)12-27-11-16-5-6-16/h7-10,13,16,25-27H,5-6,11-12,14H2,1-4H3. The monoisotopic (exact) mass is 449 g/mol. The van der Waals surface area contributed by atoms with E-state index in [2.05, 4.69) is 26.6 Å². The van der Waals surface area contributed by atoms with Gasteiger partial charge in [-0.05, 0) is 55.3 Å². The third kappa shape index (κ3) is 5.73. The lowest BCUT2D eigenvalue weighted by atomic mass is 9.88. The molecule has 9 nitrogen and oxygen atoms in total. The molecular weight excluding hydrogens is 418 g/mol. The van der Waals surface area contributed by atoms with Crippen LogP contribution in [0.4, 0.5) is 0 Å². The van der Waals surface area contributed by atoms with E-state index < -0.39 is 0 Å². The largest absolute Gasteiger partial charge is 0.470 e. The number of aromatic nitrogens is 4. The van der Waals surface area contributed by atoms with Gasteiger partial charge in [-0.1, -0.05) is 32.0 Å². The Bertz CT molecular complexity index is 1180. The predicted molar refractivity (Wildman–Crippen MR) is 123 cm³/mol. The van der Waals surface area contributed by atoms with Gasteiger partial charge in [-0.15, -0.1) is 5.10 Å². The minimum atomic E-state index is -0.297. The molecule has 0 unspecified atom stereocenters. The quantitative estimate of drug-likeness (QED) is 0.358. The van der Waals surface area contributed by atoms with Crippen molar-refractivity contribution >= 4 is 5.84 Å². The van der Waals surface area contributed by atoms with Crippen LogP contribution in [0.3, 0.4) is 0 Å². The second kappa shape index (κ2) is 9.27. The summed E-state index contributed by atoms with van der Waals surface area (Å²) < 4.78 is 12.3. The zero-order chi connectivity index (χ0) is 23.6. The Kier molecular flexibility index (Phi) is 6.42. The third-order valence-electron chi connectivity index (χ3n) is 5.52. The molecule has 0 aliphatic heterocycles. The molecule has 1 saturated carbocycles. The molecule has 3 heterocycles. The Hall–Kier alpha value is -3.33. The second-order valence-electron chi connectivity index (χ2n) is 9.60. The first-order valence-electron chi connectivity index (χ1n) is 11.2. The van der Waals surface area contributed by atoms with E-state index in [1.54, 1.807) is 19.1 Å². The van der Waals surface area contributed by atoms with Crippen molar-refractivity contribution in [2.75, 3.05) is 6.54 Å². The van der Waals surface area contributed by atoms with Crippen LogP contribution in [0.25, 0.3) is 0 Å². The molecule has 3 N–H and O–H groups in total. The fourth-order valence-corrected chi connectivity index (χ4v) is 3.39. The highest BCUT2D eigenvalue weighted by Crippen LogP contribution is 2.29. The molecule has 9 heteroatoms. The van der Waals surface area contributed by atoms with Crippen molar-refractivity contribution in [3.63, 3.8) is 0 Å². The first kappa shape index (κ1) is 22.8. The van der Waals surface area contributed by atoms with E-state index >= 15 is 0 Å². The van der Waals surface area contributed by atoms with Gasteiger partial charge >= 0.3 is 0 Å². The van der Waals surface area contributed by atoms with Crippen molar-refractivity contribution < 1.29 is 9.26 Å². The Morgan fingerprint density at radius 1 is 1.27 bits per heavy atom. The Morgan fingerprint density at radius 2 is 2.06 bits per heavy atom. The van der Waals surface area contributed by atoms with Crippen molar-refractivity contribution in [3.8, 4) is 5.88 Å². The first-order valence-corrected chi connectivity index (χ1v) is 11.2. The van der Waals surface area contributed by atoms with E-state index in [0.29, 0.717) is 17.3 Å². The number of nitrogens with zero attached hydrogens (tertiary/aromatic N) is 4. The van der Waals surface area contributed by atoms with Crippen molar-refractivity contribution in [2.24, 2.45) is 5.92 Å². The van der Waals surface area contributed by atoms with Crippen molar-refractivity contribution in [1.82, 2.24) is 25.2 Å². The number of ether oxygens (including phenoxy) is 1. The van der Waals surface area contributed by atoms with E-state index in [-0.39, 0.29) is 23.3 Å². The first-order chi connectivity index (χ1) is 15.7. The Labute approximate surface area is 193 Å². The topological polar surface area (TPSA) is 126 Å². The van der Waals surface area contributed by atoms with Crippen molar-refractivity contribution in [1.29, 1.82) is 10.8 Å². The van der Waals surface area contributed by atoms with Crippen molar-refractivity contribution in [2.45, 2.75) is 59.1 Å². The van der Waals surface area contributed by atoms with Gasteiger partial charge in [0.05, 0.1) is 5.69 Å². The molecule has 4 rings (SSSR count). The summed E-state index contributed by atoms with van der Waals surface area (Å²) in [6.45, 7) is 9.98. The molecule has 0 amide bonds. The van der Waals surface area contributed by atoms with Gasteiger partial charge in [0.2, 0.25) is 5.88 Å². The van der Waals surface area contributed by atoms with Crippen LogP contribution in [0.15, 0.2) is 35.0 Å². The van der Waals surface area contributed by atoms with Gasteiger partial charge in [0.1, 0.15) is 17.9 Å². The lowest BCUT2D eigenvalue weighted by molar-refractivity contribution is 0.274. The molecule has 0 radical (unpaired) electrons. The van der Waals surface area contributed by atoms with Gasteiger partial charge in [0, 0.05) is 24.4 Å². The number of aryl methyl sites for hydroxylation is 1. The number of hydrogen-bond acceptors (Lipinski definition) is 8. The Balaban J connectivity index is 1.51. The minimum Gasteiger partial charge on any atom is -0.470 e. The predicted octanol–water partition coefficient (Wildman–Crippen LogP) is 3.30. The highest BCUT2D eigenvalue weighted by atomic mass is 16.5. The average molecular weight is 450 g/mol. The summed E-state index contributed by atoms with van der Waals surface area (Å²) in [5, 5.41) is 28.7. The van der Waals surface area contributed by atoms with E-state index in [1.807, 2.05) is 33.0 Å². The van der Waals surface area contributed by atoms with Gasteiger partial charge in [-0.25, -0.2) is 0 Å². The number of pyridine rings is 1. The fraction of sp³-hybridized carbons (Fsp3) is 0.458.